The van der Waals surface area contributed by atoms with Gasteiger partial charge in [0.1, 0.15) is 0 Å². The second-order valence-corrected chi connectivity index (χ2v) is 6.23. The van der Waals surface area contributed by atoms with Gasteiger partial charge in [0.2, 0.25) is 5.78 Å². The lowest BCUT2D eigenvalue weighted by Gasteiger charge is -2.09. The van der Waals surface area contributed by atoms with Crippen molar-refractivity contribution < 1.29 is 14.7 Å². The average Bonchev–Trinajstić information content (AvgIpc) is 3.15. The number of nitrogens with zero attached hydrogens (tertiary/aromatic N) is 2. The summed E-state index contributed by atoms with van der Waals surface area (Å²) in [5, 5.41) is 9.31. The number of hydrogen-bond donors (Lipinski definition) is 1. The van der Waals surface area contributed by atoms with Crippen LogP contribution < -0.4 is 0 Å². The maximum Gasteiger partial charge on any atom is 0.312 e. The van der Waals surface area contributed by atoms with Gasteiger partial charge in [-0.15, -0.1) is 0 Å². The molecule has 0 aliphatic carbocycles. The summed E-state index contributed by atoms with van der Waals surface area (Å²) in [5.41, 5.74) is 4.25. The van der Waals surface area contributed by atoms with Gasteiger partial charge in [-0.1, -0.05) is 0 Å². The molecule has 4 heterocycles. The Morgan fingerprint density at radius 2 is 2.05 bits per heavy atom. The number of carbonyl (C=O) groups is 2. The smallest absolute Gasteiger partial charge is 0.312 e. The fraction of sp³-hybridized carbons (Fsp3) is 0.412. The third-order valence-corrected chi connectivity index (χ3v) is 4.95. The monoisotopic (exact) mass is 298 g/mol. The predicted molar refractivity (Wildman–Crippen MR) is 80.3 cm³/mol. The summed E-state index contributed by atoms with van der Waals surface area (Å²) in [6.07, 6.45) is 2.68. The molecule has 2 aliphatic heterocycles. The maximum atomic E-state index is 13.0. The number of carbonyl (C=O) groups excluding carboxylic acids is 1. The fourth-order valence-electron chi connectivity index (χ4n) is 3.93. The van der Waals surface area contributed by atoms with Crippen molar-refractivity contribution in [1.82, 2.24) is 9.13 Å². The number of rotatable bonds is 3. The Morgan fingerprint density at radius 1 is 1.23 bits per heavy atom. The number of carboxylic acid groups (broad SMARTS) is 1. The summed E-state index contributed by atoms with van der Waals surface area (Å²) in [6, 6.07) is 5.80. The zero-order valence-electron chi connectivity index (χ0n) is 12.5. The number of hydrogen-bond acceptors (Lipinski definition) is 2. The minimum absolute atomic E-state index is 0.0166. The van der Waals surface area contributed by atoms with Gasteiger partial charge >= 0.3 is 5.97 Å². The third kappa shape index (κ3) is 1.71. The first-order chi connectivity index (χ1) is 10.6. The lowest BCUT2D eigenvalue weighted by molar-refractivity contribution is -0.138. The van der Waals surface area contributed by atoms with Crippen molar-refractivity contribution in [2.24, 2.45) is 0 Å². The average molecular weight is 298 g/mol. The van der Waals surface area contributed by atoms with Crippen LogP contribution in [0.1, 0.15) is 51.9 Å². The number of aryl methyl sites for hydroxylation is 2. The summed E-state index contributed by atoms with van der Waals surface area (Å²) < 4.78 is 4.01. The first kappa shape index (κ1) is 13.4. The lowest BCUT2D eigenvalue weighted by Crippen LogP contribution is -2.14. The molecule has 0 aromatic carbocycles. The molecule has 0 saturated heterocycles. The molecule has 0 bridgehead atoms. The van der Waals surface area contributed by atoms with E-state index in [2.05, 4.69) is 4.57 Å². The van der Waals surface area contributed by atoms with E-state index in [1.54, 1.807) is 0 Å². The Bertz CT molecular complexity index is 797. The van der Waals surface area contributed by atoms with Crippen LogP contribution in [-0.4, -0.2) is 26.0 Å². The molecule has 0 saturated carbocycles. The largest absolute Gasteiger partial charge is 0.481 e. The summed E-state index contributed by atoms with van der Waals surface area (Å²) in [4.78, 5) is 24.3. The molecule has 0 amide bonds. The topological polar surface area (TPSA) is 64.2 Å². The van der Waals surface area contributed by atoms with Crippen LogP contribution in [0.2, 0.25) is 0 Å². The predicted octanol–water partition coefficient (Wildman–Crippen LogP) is 2.35. The Morgan fingerprint density at radius 3 is 2.82 bits per heavy atom. The second kappa shape index (κ2) is 4.60. The Balaban J connectivity index is 1.79. The zero-order chi connectivity index (χ0) is 15.4. The molecule has 0 fully saturated rings. The highest BCUT2D eigenvalue weighted by atomic mass is 16.4. The molecule has 114 valence electrons. The van der Waals surface area contributed by atoms with E-state index in [0.717, 1.165) is 36.3 Å². The molecule has 2 aromatic heterocycles. The van der Waals surface area contributed by atoms with Crippen molar-refractivity contribution in [3.63, 3.8) is 0 Å². The van der Waals surface area contributed by atoms with Crippen molar-refractivity contribution in [3.8, 4) is 0 Å². The number of carboxylic acids is 1. The third-order valence-electron chi connectivity index (χ3n) is 4.95. The van der Waals surface area contributed by atoms with Crippen LogP contribution in [0.3, 0.4) is 0 Å². The summed E-state index contributed by atoms with van der Waals surface area (Å²) in [7, 11) is 0. The lowest BCUT2D eigenvalue weighted by atomic mass is 10.0. The molecule has 1 unspecified atom stereocenters. The number of fused-ring (bicyclic) bond motifs is 2. The molecule has 2 aromatic rings. The molecule has 2 aliphatic rings. The molecule has 5 nitrogen and oxygen atoms in total. The molecule has 5 heteroatoms. The fourth-order valence-corrected chi connectivity index (χ4v) is 3.93. The summed E-state index contributed by atoms with van der Waals surface area (Å²) in [6.45, 7) is 3.40. The van der Waals surface area contributed by atoms with Crippen LogP contribution in [0.5, 0.6) is 0 Å². The summed E-state index contributed by atoms with van der Waals surface area (Å²) >= 11 is 0. The van der Waals surface area contributed by atoms with Gasteiger partial charge in [0.05, 0.1) is 17.3 Å². The Labute approximate surface area is 128 Å². The van der Waals surface area contributed by atoms with Crippen LogP contribution in [0.15, 0.2) is 18.2 Å². The van der Waals surface area contributed by atoms with Gasteiger partial charge in [-0.05, 0) is 49.9 Å². The summed E-state index contributed by atoms with van der Waals surface area (Å²) in [5.74, 6) is -1.28. The van der Waals surface area contributed by atoms with Crippen LogP contribution in [0, 0.1) is 6.92 Å². The van der Waals surface area contributed by atoms with Gasteiger partial charge in [-0.25, -0.2) is 0 Å². The van der Waals surface area contributed by atoms with Crippen LogP contribution in [0.25, 0.3) is 0 Å². The molecular formula is C17H18N2O3. The minimum Gasteiger partial charge on any atom is -0.481 e. The van der Waals surface area contributed by atoms with E-state index < -0.39 is 11.9 Å². The molecule has 1 atom stereocenters. The van der Waals surface area contributed by atoms with Crippen LogP contribution in [0.4, 0.5) is 0 Å². The van der Waals surface area contributed by atoms with E-state index in [1.807, 2.05) is 29.7 Å². The van der Waals surface area contributed by atoms with E-state index in [-0.39, 0.29) is 5.78 Å². The minimum atomic E-state index is -0.807. The highest BCUT2D eigenvalue weighted by Gasteiger charge is 2.34. The van der Waals surface area contributed by atoms with Gasteiger partial charge in [0.15, 0.2) is 0 Å². The Hall–Kier alpha value is -2.30. The van der Waals surface area contributed by atoms with Gasteiger partial charge in [-0.2, -0.15) is 0 Å². The number of ketones is 1. The van der Waals surface area contributed by atoms with E-state index >= 15 is 0 Å². The van der Waals surface area contributed by atoms with Crippen molar-refractivity contribution in [1.29, 1.82) is 0 Å². The van der Waals surface area contributed by atoms with Crippen molar-refractivity contribution in [2.75, 3.05) is 0 Å². The molecule has 1 N–H and O–H groups in total. The van der Waals surface area contributed by atoms with Gasteiger partial charge < -0.3 is 14.2 Å². The van der Waals surface area contributed by atoms with Crippen molar-refractivity contribution in [2.45, 2.75) is 45.2 Å². The highest BCUT2D eigenvalue weighted by molar-refractivity contribution is 6.08. The standard InChI is InChI=1S/C17H18N2O3/c1-10-9-14-12(17(21)22)6-8-19(14)15(10)16(20)13-5-4-11-3-2-7-18(11)13/h4-5,9,12H,2-3,6-8H2,1H3,(H,21,22). The normalized spacial score (nSPS) is 19.2. The molecule has 0 radical (unpaired) electrons. The Kier molecular flexibility index (Phi) is 2.79. The van der Waals surface area contributed by atoms with E-state index in [9.17, 15) is 14.7 Å². The van der Waals surface area contributed by atoms with Gasteiger partial charge in [-0.3, -0.25) is 9.59 Å². The molecule has 4 rings (SSSR count). The molecule has 0 spiro atoms. The van der Waals surface area contributed by atoms with Crippen molar-refractivity contribution >= 4 is 11.8 Å². The number of aromatic nitrogens is 2. The first-order valence-electron chi connectivity index (χ1n) is 7.74. The zero-order valence-corrected chi connectivity index (χ0v) is 12.5. The van der Waals surface area contributed by atoms with E-state index in [1.165, 1.54) is 5.69 Å². The van der Waals surface area contributed by atoms with E-state index in [4.69, 9.17) is 0 Å². The highest BCUT2D eigenvalue weighted by Crippen LogP contribution is 2.34. The van der Waals surface area contributed by atoms with E-state index in [0.29, 0.717) is 18.7 Å². The van der Waals surface area contributed by atoms with Gasteiger partial charge in [0, 0.05) is 24.5 Å². The maximum absolute atomic E-state index is 13.0. The quantitative estimate of drug-likeness (QED) is 0.885. The second-order valence-electron chi connectivity index (χ2n) is 6.23. The van der Waals surface area contributed by atoms with Gasteiger partial charge in [0.25, 0.3) is 0 Å². The van der Waals surface area contributed by atoms with Crippen LogP contribution in [-0.2, 0) is 24.3 Å². The van der Waals surface area contributed by atoms with Crippen LogP contribution >= 0.6 is 0 Å². The molecule has 22 heavy (non-hydrogen) atoms. The number of aliphatic carboxylic acids is 1. The first-order valence-corrected chi connectivity index (χ1v) is 7.74. The SMILES string of the molecule is Cc1cc2n(c1C(=O)c1ccc3n1CCC3)CCC2C(=O)O. The molecular weight excluding hydrogens is 280 g/mol. The van der Waals surface area contributed by atoms with Crippen molar-refractivity contribution in [3.05, 3.63) is 46.5 Å².